The fraction of sp³-hybridized carbons (Fsp3) is 1.00. The van der Waals surface area contributed by atoms with Crippen LogP contribution in [0.5, 0.6) is 0 Å². The van der Waals surface area contributed by atoms with E-state index in [1.54, 1.807) is 0 Å². The van der Waals surface area contributed by atoms with Gasteiger partial charge in [0, 0.05) is 6.54 Å². The molecule has 0 bridgehead atoms. The van der Waals surface area contributed by atoms with Crippen molar-refractivity contribution in [3.8, 4) is 0 Å². The van der Waals surface area contributed by atoms with Crippen LogP contribution >= 0.6 is 0 Å². The SMILES string of the molecule is CC(C)OCCOCC1CCNC1. The maximum absolute atomic E-state index is 5.50. The van der Waals surface area contributed by atoms with Crippen molar-refractivity contribution >= 4 is 0 Å². The molecule has 0 aromatic heterocycles. The molecule has 0 saturated carbocycles. The monoisotopic (exact) mass is 187 g/mol. The van der Waals surface area contributed by atoms with Crippen molar-refractivity contribution in [3.63, 3.8) is 0 Å². The molecule has 78 valence electrons. The Morgan fingerprint density at radius 3 is 2.85 bits per heavy atom. The maximum atomic E-state index is 5.50. The number of hydrogen-bond acceptors (Lipinski definition) is 3. The van der Waals surface area contributed by atoms with Crippen LogP contribution in [0.3, 0.4) is 0 Å². The molecule has 0 radical (unpaired) electrons. The highest BCUT2D eigenvalue weighted by atomic mass is 16.5. The Balaban J connectivity index is 1.83. The molecule has 1 atom stereocenters. The molecule has 1 rings (SSSR count). The normalized spacial score (nSPS) is 22.8. The first-order valence-electron chi connectivity index (χ1n) is 5.19. The Labute approximate surface area is 80.8 Å². The van der Waals surface area contributed by atoms with Gasteiger partial charge in [-0.05, 0) is 32.7 Å². The Hall–Kier alpha value is -0.120. The first kappa shape index (κ1) is 11.0. The molecule has 3 heteroatoms. The van der Waals surface area contributed by atoms with Crippen molar-refractivity contribution < 1.29 is 9.47 Å². The summed E-state index contributed by atoms with van der Waals surface area (Å²) in [5.41, 5.74) is 0. The molecule has 1 fully saturated rings. The Morgan fingerprint density at radius 1 is 1.38 bits per heavy atom. The van der Waals surface area contributed by atoms with Crippen molar-refractivity contribution in [2.24, 2.45) is 5.92 Å². The van der Waals surface area contributed by atoms with Crippen LogP contribution in [0.2, 0.25) is 0 Å². The smallest absolute Gasteiger partial charge is 0.0703 e. The summed E-state index contributed by atoms with van der Waals surface area (Å²) in [5, 5.41) is 3.32. The molecule has 0 aliphatic carbocycles. The molecule has 0 amide bonds. The van der Waals surface area contributed by atoms with Gasteiger partial charge in [0.25, 0.3) is 0 Å². The van der Waals surface area contributed by atoms with Crippen LogP contribution in [0, 0.1) is 5.92 Å². The van der Waals surface area contributed by atoms with Gasteiger partial charge in [0.05, 0.1) is 25.9 Å². The highest BCUT2D eigenvalue weighted by molar-refractivity contribution is 4.70. The summed E-state index contributed by atoms with van der Waals surface area (Å²) in [4.78, 5) is 0. The summed E-state index contributed by atoms with van der Waals surface area (Å²) < 4.78 is 10.9. The third-order valence-corrected chi connectivity index (χ3v) is 2.19. The second-order valence-electron chi connectivity index (χ2n) is 3.85. The fourth-order valence-electron chi connectivity index (χ4n) is 1.45. The highest BCUT2D eigenvalue weighted by Gasteiger charge is 2.13. The maximum Gasteiger partial charge on any atom is 0.0703 e. The van der Waals surface area contributed by atoms with Crippen molar-refractivity contribution in [3.05, 3.63) is 0 Å². The summed E-state index contributed by atoms with van der Waals surface area (Å²) in [6, 6.07) is 0. The minimum atomic E-state index is 0.316. The van der Waals surface area contributed by atoms with Crippen molar-refractivity contribution in [2.75, 3.05) is 32.9 Å². The van der Waals surface area contributed by atoms with Crippen LogP contribution in [-0.2, 0) is 9.47 Å². The van der Waals surface area contributed by atoms with Gasteiger partial charge in [0.1, 0.15) is 0 Å². The van der Waals surface area contributed by atoms with Crippen LogP contribution < -0.4 is 5.32 Å². The van der Waals surface area contributed by atoms with Crippen LogP contribution in [-0.4, -0.2) is 39.0 Å². The molecule has 1 saturated heterocycles. The first-order chi connectivity index (χ1) is 6.29. The van der Waals surface area contributed by atoms with Gasteiger partial charge in [-0.3, -0.25) is 0 Å². The van der Waals surface area contributed by atoms with E-state index in [4.69, 9.17) is 9.47 Å². The lowest BCUT2D eigenvalue weighted by molar-refractivity contribution is 0.0115. The third-order valence-electron chi connectivity index (χ3n) is 2.19. The molecule has 1 heterocycles. The standard InChI is InChI=1S/C10H21NO2/c1-9(2)13-6-5-12-8-10-3-4-11-7-10/h9-11H,3-8H2,1-2H3. The van der Waals surface area contributed by atoms with E-state index in [0.717, 1.165) is 38.8 Å². The van der Waals surface area contributed by atoms with E-state index in [-0.39, 0.29) is 0 Å². The Kier molecular flexibility index (Phi) is 5.35. The summed E-state index contributed by atoms with van der Waals surface area (Å²) >= 11 is 0. The topological polar surface area (TPSA) is 30.5 Å². The molecule has 1 aliphatic heterocycles. The molecule has 0 aromatic rings. The quantitative estimate of drug-likeness (QED) is 0.630. The van der Waals surface area contributed by atoms with E-state index in [9.17, 15) is 0 Å². The summed E-state index contributed by atoms with van der Waals surface area (Å²) in [6.45, 7) is 8.68. The average Bonchev–Trinajstić information content (AvgIpc) is 2.55. The van der Waals surface area contributed by atoms with Crippen LogP contribution in [0.1, 0.15) is 20.3 Å². The minimum Gasteiger partial charge on any atom is -0.379 e. The molecule has 13 heavy (non-hydrogen) atoms. The van der Waals surface area contributed by atoms with Crippen molar-refractivity contribution in [1.82, 2.24) is 5.32 Å². The van der Waals surface area contributed by atoms with Crippen molar-refractivity contribution in [1.29, 1.82) is 0 Å². The largest absolute Gasteiger partial charge is 0.379 e. The molecule has 1 aliphatic rings. The zero-order valence-electron chi connectivity index (χ0n) is 8.71. The van der Waals surface area contributed by atoms with Crippen LogP contribution in [0.25, 0.3) is 0 Å². The zero-order chi connectivity index (χ0) is 9.52. The van der Waals surface area contributed by atoms with E-state index >= 15 is 0 Å². The van der Waals surface area contributed by atoms with Gasteiger partial charge in [-0.2, -0.15) is 0 Å². The van der Waals surface area contributed by atoms with Gasteiger partial charge in [0.15, 0.2) is 0 Å². The van der Waals surface area contributed by atoms with E-state index in [1.165, 1.54) is 6.42 Å². The number of nitrogens with one attached hydrogen (secondary N) is 1. The second kappa shape index (κ2) is 6.35. The summed E-state index contributed by atoms with van der Waals surface area (Å²) in [5.74, 6) is 0.721. The van der Waals surface area contributed by atoms with Crippen LogP contribution in [0.4, 0.5) is 0 Å². The van der Waals surface area contributed by atoms with E-state index < -0.39 is 0 Å². The average molecular weight is 187 g/mol. The van der Waals surface area contributed by atoms with Crippen LogP contribution in [0.15, 0.2) is 0 Å². The predicted molar refractivity (Wildman–Crippen MR) is 52.9 cm³/mol. The Bertz CT molecular complexity index is 122. The molecule has 1 unspecified atom stereocenters. The molecule has 3 nitrogen and oxygen atoms in total. The molecular formula is C10H21NO2. The van der Waals surface area contributed by atoms with E-state index in [2.05, 4.69) is 5.32 Å². The minimum absolute atomic E-state index is 0.316. The van der Waals surface area contributed by atoms with Gasteiger partial charge in [-0.1, -0.05) is 0 Å². The zero-order valence-corrected chi connectivity index (χ0v) is 8.71. The molecular weight excluding hydrogens is 166 g/mol. The number of rotatable bonds is 6. The Morgan fingerprint density at radius 2 is 2.23 bits per heavy atom. The highest BCUT2D eigenvalue weighted by Crippen LogP contribution is 2.07. The number of ether oxygens (including phenoxy) is 2. The summed E-state index contributed by atoms with van der Waals surface area (Å²) in [6.07, 6.45) is 1.57. The lowest BCUT2D eigenvalue weighted by atomic mass is 10.1. The lowest BCUT2D eigenvalue weighted by Crippen LogP contribution is -2.16. The first-order valence-corrected chi connectivity index (χ1v) is 5.19. The van der Waals surface area contributed by atoms with Gasteiger partial charge in [-0.15, -0.1) is 0 Å². The van der Waals surface area contributed by atoms with Gasteiger partial charge in [0.2, 0.25) is 0 Å². The number of hydrogen-bond donors (Lipinski definition) is 1. The summed E-state index contributed by atoms with van der Waals surface area (Å²) in [7, 11) is 0. The third kappa shape index (κ3) is 5.24. The molecule has 0 spiro atoms. The van der Waals surface area contributed by atoms with Gasteiger partial charge >= 0.3 is 0 Å². The second-order valence-corrected chi connectivity index (χ2v) is 3.85. The van der Waals surface area contributed by atoms with E-state index in [0.29, 0.717) is 6.10 Å². The van der Waals surface area contributed by atoms with Gasteiger partial charge < -0.3 is 14.8 Å². The fourth-order valence-corrected chi connectivity index (χ4v) is 1.45. The lowest BCUT2D eigenvalue weighted by Gasteiger charge is -2.10. The molecule has 1 N–H and O–H groups in total. The van der Waals surface area contributed by atoms with Gasteiger partial charge in [-0.25, -0.2) is 0 Å². The van der Waals surface area contributed by atoms with E-state index in [1.807, 2.05) is 13.8 Å². The molecule has 0 aromatic carbocycles. The predicted octanol–water partition coefficient (Wildman–Crippen LogP) is 1.04. The van der Waals surface area contributed by atoms with Crippen molar-refractivity contribution in [2.45, 2.75) is 26.4 Å².